The third-order valence-corrected chi connectivity index (χ3v) is 4.01. The standard InChI is InChI=1S/C7H14N2O2S2/c8-7(12)1-3-9-6-2-4-13(10,11)5-6/h6,9H,1-5H2,(H2,8,12). The van der Waals surface area contributed by atoms with E-state index >= 15 is 0 Å². The van der Waals surface area contributed by atoms with Crippen LogP contribution in [0.1, 0.15) is 12.8 Å². The largest absolute Gasteiger partial charge is 0.393 e. The van der Waals surface area contributed by atoms with Crippen molar-refractivity contribution in [3.63, 3.8) is 0 Å². The molecular weight excluding hydrogens is 208 g/mol. The van der Waals surface area contributed by atoms with Crippen molar-refractivity contribution in [2.24, 2.45) is 5.73 Å². The molecule has 6 heteroatoms. The summed E-state index contributed by atoms with van der Waals surface area (Å²) in [5.74, 6) is 0.558. The predicted molar refractivity (Wildman–Crippen MR) is 56.5 cm³/mol. The van der Waals surface area contributed by atoms with Crippen molar-refractivity contribution in [1.82, 2.24) is 5.32 Å². The lowest BCUT2D eigenvalue weighted by molar-refractivity contribution is 0.564. The highest BCUT2D eigenvalue weighted by molar-refractivity contribution is 7.91. The zero-order chi connectivity index (χ0) is 9.90. The molecule has 1 heterocycles. The number of nitrogens with two attached hydrogens (primary N) is 1. The van der Waals surface area contributed by atoms with Gasteiger partial charge in [-0.15, -0.1) is 0 Å². The Morgan fingerprint density at radius 3 is 2.77 bits per heavy atom. The van der Waals surface area contributed by atoms with Crippen molar-refractivity contribution in [3.05, 3.63) is 0 Å². The first kappa shape index (κ1) is 10.9. The van der Waals surface area contributed by atoms with E-state index in [0.29, 0.717) is 30.1 Å². The van der Waals surface area contributed by atoms with Crippen LogP contribution in [0.3, 0.4) is 0 Å². The fraction of sp³-hybridized carbons (Fsp3) is 0.857. The van der Waals surface area contributed by atoms with Gasteiger partial charge in [-0.3, -0.25) is 0 Å². The van der Waals surface area contributed by atoms with E-state index in [1.165, 1.54) is 0 Å². The van der Waals surface area contributed by atoms with Gasteiger partial charge in [0.25, 0.3) is 0 Å². The van der Waals surface area contributed by atoms with Gasteiger partial charge in [0.05, 0.1) is 16.5 Å². The van der Waals surface area contributed by atoms with E-state index in [2.05, 4.69) is 5.32 Å². The highest BCUT2D eigenvalue weighted by atomic mass is 32.2. The smallest absolute Gasteiger partial charge is 0.151 e. The topological polar surface area (TPSA) is 72.2 Å². The summed E-state index contributed by atoms with van der Waals surface area (Å²) in [7, 11) is -2.77. The van der Waals surface area contributed by atoms with Crippen LogP contribution in [0.5, 0.6) is 0 Å². The molecular formula is C7H14N2O2S2. The first-order valence-corrected chi connectivity index (χ1v) is 6.45. The highest BCUT2D eigenvalue weighted by Gasteiger charge is 2.26. The Hall–Kier alpha value is -0.200. The van der Waals surface area contributed by atoms with Crippen molar-refractivity contribution in [2.45, 2.75) is 18.9 Å². The van der Waals surface area contributed by atoms with Crippen LogP contribution < -0.4 is 11.1 Å². The van der Waals surface area contributed by atoms with Crippen LogP contribution in [-0.4, -0.2) is 37.5 Å². The van der Waals surface area contributed by atoms with Crippen molar-refractivity contribution >= 4 is 27.0 Å². The normalized spacial score (nSPS) is 26.0. The second kappa shape index (κ2) is 4.34. The molecule has 1 saturated heterocycles. The van der Waals surface area contributed by atoms with E-state index in [9.17, 15) is 8.42 Å². The van der Waals surface area contributed by atoms with Crippen LogP contribution >= 0.6 is 12.2 Å². The maximum absolute atomic E-state index is 11.0. The molecule has 4 nitrogen and oxygen atoms in total. The molecule has 1 rings (SSSR count). The van der Waals surface area contributed by atoms with Gasteiger partial charge in [0.2, 0.25) is 0 Å². The molecule has 1 aliphatic heterocycles. The highest BCUT2D eigenvalue weighted by Crippen LogP contribution is 2.10. The van der Waals surface area contributed by atoms with Gasteiger partial charge in [-0.05, 0) is 6.42 Å². The molecule has 0 aromatic heterocycles. The number of hydrogen-bond donors (Lipinski definition) is 2. The molecule has 0 radical (unpaired) electrons. The molecule has 1 unspecified atom stereocenters. The molecule has 76 valence electrons. The van der Waals surface area contributed by atoms with Crippen LogP contribution in [-0.2, 0) is 9.84 Å². The number of hydrogen-bond acceptors (Lipinski definition) is 4. The molecule has 1 fully saturated rings. The zero-order valence-electron chi connectivity index (χ0n) is 7.32. The lowest BCUT2D eigenvalue weighted by Crippen LogP contribution is -2.32. The molecule has 1 aliphatic rings. The summed E-state index contributed by atoms with van der Waals surface area (Å²) < 4.78 is 22.1. The second-order valence-corrected chi connectivity index (χ2v) is 6.02. The van der Waals surface area contributed by atoms with E-state index in [-0.39, 0.29) is 11.8 Å². The minimum Gasteiger partial charge on any atom is -0.393 e. The summed E-state index contributed by atoms with van der Waals surface area (Å²) in [5, 5.41) is 3.12. The average molecular weight is 222 g/mol. The van der Waals surface area contributed by atoms with E-state index in [1.54, 1.807) is 0 Å². The molecule has 3 N–H and O–H groups in total. The summed E-state index contributed by atoms with van der Waals surface area (Å²) in [6.45, 7) is 0.676. The van der Waals surface area contributed by atoms with Gasteiger partial charge in [-0.25, -0.2) is 8.42 Å². The van der Waals surface area contributed by atoms with Crippen LogP contribution in [0, 0.1) is 0 Å². The number of sulfone groups is 1. The SMILES string of the molecule is NC(=S)CCNC1CCS(=O)(=O)C1. The van der Waals surface area contributed by atoms with Crippen LogP contribution in [0.2, 0.25) is 0 Å². The molecule has 0 saturated carbocycles. The lowest BCUT2D eigenvalue weighted by Gasteiger charge is -2.09. The summed E-state index contributed by atoms with van der Waals surface area (Å²) in [6.07, 6.45) is 1.34. The van der Waals surface area contributed by atoms with Crippen LogP contribution in [0.4, 0.5) is 0 Å². The summed E-state index contributed by atoms with van der Waals surface area (Å²) in [4.78, 5) is 0.466. The minimum atomic E-state index is -2.77. The quantitative estimate of drug-likeness (QED) is 0.624. The van der Waals surface area contributed by atoms with Crippen molar-refractivity contribution < 1.29 is 8.42 Å². The number of nitrogens with one attached hydrogen (secondary N) is 1. The van der Waals surface area contributed by atoms with E-state index in [4.69, 9.17) is 18.0 Å². The van der Waals surface area contributed by atoms with Gasteiger partial charge >= 0.3 is 0 Å². The lowest BCUT2D eigenvalue weighted by atomic mass is 10.2. The molecule has 0 spiro atoms. The predicted octanol–water partition coefficient (Wildman–Crippen LogP) is -0.561. The Morgan fingerprint density at radius 2 is 2.31 bits per heavy atom. The molecule has 0 bridgehead atoms. The Balaban J connectivity index is 2.22. The number of rotatable bonds is 4. The molecule has 13 heavy (non-hydrogen) atoms. The van der Waals surface area contributed by atoms with Crippen molar-refractivity contribution in [3.8, 4) is 0 Å². The Kier molecular flexibility index (Phi) is 3.63. The fourth-order valence-electron chi connectivity index (χ4n) is 1.36. The first-order chi connectivity index (χ1) is 5.99. The Bertz CT molecular complexity index is 287. The van der Waals surface area contributed by atoms with Gasteiger partial charge in [-0.1, -0.05) is 12.2 Å². The summed E-state index contributed by atoms with van der Waals surface area (Å²) >= 11 is 4.70. The molecule has 1 atom stereocenters. The van der Waals surface area contributed by atoms with Crippen LogP contribution in [0.15, 0.2) is 0 Å². The summed E-state index contributed by atoms with van der Waals surface area (Å²) in [6, 6.07) is 0.0966. The van der Waals surface area contributed by atoms with E-state index in [1.807, 2.05) is 0 Å². The third kappa shape index (κ3) is 4.02. The van der Waals surface area contributed by atoms with Crippen molar-refractivity contribution in [2.75, 3.05) is 18.1 Å². The molecule has 0 amide bonds. The maximum Gasteiger partial charge on any atom is 0.151 e. The van der Waals surface area contributed by atoms with Crippen LogP contribution in [0.25, 0.3) is 0 Å². The maximum atomic E-state index is 11.0. The fourth-order valence-corrected chi connectivity index (χ4v) is 3.17. The third-order valence-electron chi connectivity index (χ3n) is 2.04. The average Bonchev–Trinajstić information content (AvgIpc) is 2.29. The molecule has 0 aromatic carbocycles. The minimum absolute atomic E-state index is 0.0966. The van der Waals surface area contributed by atoms with Gasteiger partial charge in [0, 0.05) is 19.0 Å². The molecule has 0 aromatic rings. The first-order valence-electron chi connectivity index (χ1n) is 4.22. The Morgan fingerprint density at radius 1 is 1.62 bits per heavy atom. The summed E-state index contributed by atoms with van der Waals surface area (Å²) in [5.41, 5.74) is 5.30. The monoisotopic (exact) mass is 222 g/mol. The van der Waals surface area contributed by atoms with Gasteiger partial charge < -0.3 is 11.1 Å². The van der Waals surface area contributed by atoms with E-state index < -0.39 is 9.84 Å². The van der Waals surface area contributed by atoms with Gasteiger partial charge in [0.1, 0.15) is 0 Å². The van der Waals surface area contributed by atoms with Gasteiger partial charge in [0.15, 0.2) is 9.84 Å². The zero-order valence-corrected chi connectivity index (χ0v) is 8.96. The van der Waals surface area contributed by atoms with E-state index in [0.717, 1.165) is 0 Å². The number of thiocarbonyl (C=S) groups is 1. The Labute approximate surface area is 83.8 Å². The molecule has 0 aliphatic carbocycles. The van der Waals surface area contributed by atoms with Gasteiger partial charge in [-0.2, -0.15) is 0 Å². The second-order valence-electron chi connectivity index (χ2n) is 3.27. The van der Waals surface area contributed by atoms with Crippen molar-refractivity contribution in [1.29, 1.82) is 0 Å².